The Morgan fingerprint density at radius 1 is 1.09 bits per heavy atom. The van der Waals surface area contributed by atoms with Gasteiger partial charge in [-0.25, -0.2) is 4.39 Å². The molecule has 2 rings (SSSR count). The zero-order chi connectivity index (χ0) is 15.9. The van der Waals surface area contributed by atoms with E-state index >= 15 is 0 Å². The summed E-state index contributed by atoms with van der Waals surface area (Å²) < 4.78 is 18.3. The van der Waals surface area contributed by atoms with E-state index in [1.54, 1.807) is 17.0 Å². The number of hydrogen-bond acceptors (Lipinski definition) is 2. The smallest absolute Gasteiger partial charge is 0.230 e. The first kappa shape index (κ1) is 16.0. The molecule has 0 aliphatic heterocycles. The highest BCUT2D eigenvalue weighted by atomic mass is 19.1. The summed E-state index contributed by atoms with van der Waals surface area (Å²) in [5, 5.41) is 0. The Kier molecular flexibility index (Phi) is 5.53. The third kappa shape index (κ3) is 4.32. The first-order valence-corrected chi connectivity index (χ1v) is 7.33. The van der Waals surface area contributed by atoms with E-state index in [4.69, 9.17) is 4.74 Å². The Balaban J connectivity index is 1.93. The molecule has 0 saturated heterocycles. The Labute approximate surface area is 130 Å². The van der Waals surface area contributed by atoms with Crippen molar-refractivity contribution in [2.24, 2.45) is 0 Å². The molecule has 0 aliphatic carbocycles. The zero-order valence-electron chi connectivity index (χ0n) is 12.8. The molecule has 3 nitrogen and oxygen atoms in total. The summed E-state index contributed by atoms with van der Waals surface area (Å²) in [6.45, 7) is 4.22. The summed E-state index contributed by atoms with van der Waals surface area (Å²) >= 11 is 0. The van der Waals surface area contributed by atoms with Gasteiger partial charge in [0.2, 0.25) is 5.91 Å². The van der Waals surface area contributed by atoms with Gasteiger partial charge < -0.3 is 9.64 Å². The Hall–Kier alpha value is -2.36. The predicted molar refractivity (Wildman–Crippen MR) is 85.6 cm³/mol. The second kappa shape index (κ2) is 7.59. The fourth-order valence-electron chi connectivity index (χ4n) is 2.23. The van der Waals surface area contributed by atoms with Crippen molar-refractivity contribution in [3.8, 4) is 5.75 Å². The molecule has 22 heavy (non-hydrogen) atoms. The van der Waals surface area contributed by atoms with Crippen molar-refractivity contribution in [1.82, 2.24) is 0 Å². The third-order valence-electron chi connectivity index (χ3n) is 3.22. The van der Waals surface area contributed by atoms with Gasteiger partial charge in [0.15, 0.2) is 0 Å². The van der Waals surface area contributed by atoms with Crippen LogP contribution in [0.4, 0.5) is 10.1 Å². The second-order valence-corrected chi connectivity index (χ2v) is 5.25. The lowest BCUT2D eigenvalue weighted by atomic mass is 10.2. The fraction of sp³-hybridized carbons (Fsp3) is 0.278. The number of halogens is 1. The number of amides is 1. The lowest BCUT2D eigenvalue weighted by Gasteiger charge is -2.27. The van der Waals surface area contributed by atoms with Crippen molar-refractivity contribution in [1.29, 1.82) is 0 Å². The van der Waals surface area contributed by atoms with Gasteiger partial charge in [0, 0.05) is 11.7 Å². The summed E-state index contributed by atoms with van der Waals surface area (Å²) in [6, 6.07) is 15.4. The van der Waals surface area contributed by atoms with Crippen LogP contribution in [0.5, 0.6) is 5.75 Å². The van der Waals surface area contributed by atoms with Crippen LogP contribution in [0.3, 0.4) is 0 Å². The van der Waals surface area contributed by atoms with Gasteiger partial charge in [0.25, 0.3) is 0 Å². The molecule has 0 unspecified atom stereocenters. The summed E-state index contributed by atoms with van der Waals surface area (Å²) in [7, 11) is 0. The molecule has 0 radical (unpaired) electrons. The van der Waals surface area contributed by atoms with Crippen LogP contribution in [0.2, 0.25) is 0 Å². The topological polar surface area (TPSA) is 29.5 Å². The number of anilines is 1. The van der Waals surface area contributed by atoms with Crippen LogP contribution in [0.25, 0.3) is 0 Å². The lowest BCUT2D eigenvalue weighted by Crippen LogP contribution is -2.37. The molecule has 0 saturated carbocycles. The molecule has 0 aromatic heterocycles. The van der Waals surface area contributed by atoms with E-state index in [1.807, 2.05) is 44.2 Å². The van der Waals surface area contributed by atoms with E-state index in [9.17, 15) is 9.18 Å². The molecular weight excluding hydrogens is 281 g/mol. The average molecular weight is 301 g/mol. The number of para-hydroxylation sites is 1. The van der Waals surface area contributed by atoms with E-state index in [1.165, 1.54) is 12.1 Å². The van der Waals surface area contributed by atoms with E-state index in [2.05, 4.69) is 0 Å². The van der Waals surface area contributed by atoms with E-state index in [-0.39, 0.29) is 30.8 Å². The summed E-state index contributed by atoms with van der Waals surface area (Å²) in [5.74, 6) is 0.256. The van der Waals surface area contributed by atoms with Gasteiger partial charge >= 0.3 is 0 Å². The van der Waals surface area contributed by atoms with Crippen LogP contribution in [0.15, 0.2) is 54.6 Å². The molecule has 0 bridgehead atoms. The molecule has 0 aliphatic rings. The average Bonchev–Trinajstić information content (AvgIpc) is 2.50. The first-order chi connectivity index (χ1) is 10.6. The Morgan fingerprint density at radius 2 is 1.73 bits per heavy atom. The van der Waals surface area contributed by atoms with Gasteiger partial charge in [-0.05, 0) is 50.2 Å². The molecule has 1 amide bonds. The van der Waals surface area contributed by atoms with Crippen LogP contribution < -0.4 is 9.64 Å². The van der Waals surface area contributed by atoms with Crippen molar-refractivity contribution >= 4 is 11.6 Å². The van der Waals surface area contributed by atoms with Crippen molar-refractivity contribution in [3.05, 3.63) is 60.4 Å². The molecule has 0 spiro atoms. The molecule has 0 N–H and O–H groups in total. The standard InChI is InChI=1S/C18H20FNO2/c1-14(2)20(16-6-4-3-5-7-16)18(21)12-13-22-17-10-8-15(19)9-11-17/h3-11,14H,12-13H2,1-2H3. The van der Waals surface area contributed by atoms with Crippen LogP contribution in [0, 0.1) is 5.82 Å². The minimum atomic E-state index is -0.307. The molecule has 116 valence electrons. The van der Waals surface area contributed by atoms with Gasteiger partial charge in [0.1, 0.15) is 11.6 Å². The molecular formula is C18H20FNO2. The number of ether oxygens (including phenoxy) is 1. The molecule has 4 heteroatoms. The monoisotopic (exact) mass is 301 g/mol. The number of carbonyl (C=O) groups excluding carboxylic acids is 1. The van der Waals surface area contributed by atoms with Crippen molar-refractivity contribution in [2.75, 3.05) is 11.5 Å². The third-order valence-corrected chi connectivity index (χ3v) is 3.22. The Bertz CT molecular complexity index is 596. The maximum atomic E-state index is 12.8. The number of nitrogens with zero attached hydrogens (tertiary/aromatic N) is 1. The maximum absolute atomic E-state index is 12.8. The Morgan fingerprint density at radius 3 is 2.32 bits per heavy atom. The van der Waals surface area contributed by atoms with Crippen molar-refractivity contribution in [3.63, 3.8) is 0 Å². The summed E-state index contributed by atoms with van der Waals surface area (Å²) in [4.78, 5) is 14.2. The van der Waals surface area contributed by atoms with Crippen LogP contribution in [0.1, 0.15) is 20.3 Å². The van der Waals surface area contributed by atoms with Crippen molar-refractivity contribution < 1.29 is 13.9 Å². The number of hydrogen-bond donors (Lipinski definition) is 0. The fourth-order valence-corrected chi connectivity index (χ4v) is 2.23. The highest BCUT2D eigenvalue weighted by Crippen LogP contribution is 2.18. The van der Waals surface area contributed by atoms with E-state index < -0.39 is 0 Å². The zero-order valence-corrected chi connectivity index (χ0v) is 12.8. The highest BCUT2D eigenvalue weighted by molar-refractivity contribution is 5.93. The maximum Gasteiger partial charge on any atom is 0.230 e. The van der Waals surface area contributed by atoms with E-state index in [0.29, 0.717) is 5.75 Å². The SMILES string of the molecule is CC(C)N(C(=O)CCOc1ccc(F)cc1)c1ccccc1. The summed E-state index contributed by atoms with van der Waals surface area (Å²) in [5.41, 5.74) is 0.879. The quantitative estimate of drug-likeness (QED) is 0.806. The van der Waals surface area contributed by atoms with Gasteiger partial charge in [0.05, 0.1) is 13.0 Å². The number of benzene rings is 2. The number of carbonyl (C=O) groups is 1. The van der Waals surface area contributed by atoms with Gasteiger partial charge in [-0.2, -0.15) is 0 Å². The highest BCUT2D eigenvalue weighted by Gasteiger charge is 2.18. The van der Waals surface area contributed by atoms with Gasteiger partial charge in [-0.3, -0.25) is 4.79 Å². The van der Waals surface area contributed by atoms with Gasteiger partial charge in [-0.1, -0.05) is 18.2 Å². The van der Waals surface area contributed by atoms with Gasteiger partial charge in [-0.15, -0.1) is 0 Å². The number of rotatable bonds is 6. The second-order valence-electron chi connectivity index (χ2n) is 5.25. The lowest BCUT2D eigenvalue weighted by molar-refractivity contribution is -0.119. The molecule has 0 heterocycles. The predicted octanol–water partition coefficient (Wildman–Crippen LogP) is 4.04. The van der Waals surface area contributed by atoms with Crippen LogP contribution in [-0.4, -0.2) is 18.6 Å². The largest absolute Gasteiger partial charge is 0.493 e. The minimum absolute atomic E-state index is 0.00307. The molecule has 0 atom stereocenters. The molecule has 2 aromatic carbocycles. The molecule has 2 aromatic rings. The first-order valence-electron chi connectivity index (χ1n) is 7.33. The van der Waals surface area contributed by atoms with Crippen LogP contribution in [-0.2, 0) is 4.79 Å². The molecule has 0 fully saturated rings. The summed E-state index contributed by atoms with van der Waals surface area (Å²) in [6.07, 6.45) is 0.268. The van der Waals surface area contributed by atoms with E-state index in [0.717, 1.165) is 5.69 Å². The normalized spacial score (nSPS) is 10.5. The minimum Gasteiger partial charge on any atom is -0.493 e. The van der Waals surface area contributed by atoms with Crippen LogP contribution >= 0.6 is 0 Å². The van der Waals surface area contributed by atoms with Crippen molar-refractivity contribution in [2.45, 2.75) is 26.3 Å².